The van der Waals surface area contributed by atoms with Gasteiger partial charge in [0.05, 0.1) is 6.42 Å². The number of fused-ring (bicyclic) bond motifs is 1. The molecule has 3 aromatic rings. The Morgan fingerprint density at radius 1 is 1.16 bits per heavy atom. The lowest BCUT2D eigenvalue weighted by Crippen LogP contribution is -2.27. The number of aromatic amines is 1. The van der Waals surface area contributed by atoms with E-state index in [0.717, 1.165) is 40.0 Å². The summed E-state index contributed by atoms with van der Waals surface area (Å²) in [7, 11) is 0. The highest BCUT2D eigenvalue weighted by molar-refractivity contribution is 5.92. The third kappa shape index (κ3) is 3.90. The number of rotatable bonds is 5. The molecule has 0 aliphatic heterocycles. The summed E-state index contributed by atoms with van der Waals surface area (Å²) in [6, 6.07) is 10.3. The van der Waals surface area contributed by atoms with Gasteiger partial charge in [-0.2, -0.15) is 0 Å². The molecule has 0 saturated carbocycles. The fraction of sp³-hybridized carbons (Fsp3) is 0.333. The Labute approximate surface area is 148 Å². The van der Waals surface area contributed by atoms with Gasteiger partial charge in [-0.3, -0.25) is 9.78 Å². The van der Waals surface area contributed by atoms with Gasteiger partial charge in [-0.25, -0.2) is 0 Å². The maximum atomic E-state index is 12.4. The summed E-state index contributed by atoms with van der Waals surface area (Å²) >= 11 is 0. The molecule has 1 amide bonds. The number of pyridine rings is 1. The second-order valence-electron chi connectivity index (χ2n) is 6.78. The molecule has 0 aliphatic rings. The van der Waals surface area contributed by atoms with Gasteiger partial charge in [0.15, 0.2) is 0 Å². The summed E-state index contributed by atoms with van der Waals surface area (Å²) in [6.07, 6.45) is 1.15. The van der Waals surface area contributed by atoms with Crippen molar-refractivity contribution in [3.8, 4) is 0 Å². The molecule has 1 aromatic carbocycles. The van der Waals surface area contributed by atoms with Gasteiger partial charge in [0.2, 0.25) is 5.91 Å². The minimum Gasteiger partial charge on any atom is -0.358 e. The maximum Gasteiger partial charge on any atom is 0.224 e. The Morgan fingerprint density at radius 3 is 2.72 bits per heavy atom. The van der Waals surface area contributed by atoms with Crippen LogP contribution in [-0.2, 0) is 17.6 Å². The number of carbonyl (C=O) groups is 1. The minimum atomic E-state index is 0.0517. The van der Waals surface area contributed by atoms with Crippen LogP contribution in [0.1, 0.15) is 33.8 Å². The molecular weight excluding hydrogens is 310 g/mol. The molecule has 25 heavy (non-hydrogen) atoms. The predicted octanol–water partition coefficient (Wildman–Crippen LogP) is 3.70. The van der Waals surface area contributed by atoms with Crippen LogP contribution in [0.3, 0.4) is 0 Å². The number of nitrogens with zero attached hydrogens (tertiary/aromatic N) is 1. The highest BCUT2D eigenvalue weighted by Crippen LogP contribution is 2.26. The number of aromatic nitrogens is 2. The number of H-pyrrole nitrogens is 1. The smallest absolute Gasteiger partial charge is 0.224 e. The van der Waals surface area contributed by atoms with E-state index < -0.39 is 0 Å². The molecule has 0 saturated heterocycles. The number of carbonyl (C=O) groups excluding carboxylic acids is 1. The van der Waals surface area contributed by atoms with Crippen molar-refractivity contribution < 1.29 is 4.79 Å². The zero-order valence-corrected chi connectivity index (χ0v) is 15.4. The summed E-state index contributed by atoms with van der Waals surface area (Å²) in [6.45, 7) is 8.81. The average Bonchev–Trinajstić information content (AvgIpc) is 2.84. The Bertz CT molecular complexity index is 924. The van der Waals surface area contributed by atoms with Gasteiger partial charge >= 0.3 is 0 Å². The van der Waals surface area contributed by atoms with Gasteiger partial charge in [-0.15, -0.1) is 0 Å². The van der Waals surface area contributed by atoms with Crippen molar-refractivity contribution in [1.29, 1.82) is 0 Å². The summed E-state index contributed by atoms with van der Waals surface area (Å²) < 4.78 is 0. The molecule has 0 fully saturated rings. The standard InChI is InChI=1S/C21H25N3O/c1-13-10-14(2)21-19(11-13)18(16(4)24-21)12-20(25)22-9-8-17-7-5-6-15(3)23-17/h5-7,10-11,24H,8-9,12H2,1-4H3,(H,22,25). The first kappa shape index (κ1) is 17.2. The highest BCUT2D eigenvalue weighted by Gasteiger charge is 2.14. The van der Waals surface area contributed by atoms with Crippen molar-refractivity contribution in [2.45, 2.75) is 40.5 Å². The molecule has 130 valence electrons. The normalized spacial score (nSPS) is 11.0. The van der Waals surface area contributed by atoms with Gasteiger partial charge in [0, 0.05) is 41.0 Å². The van der Waals surface area contributed by atoms with E-state index in [-0.39, 0.29) is 5.91 Å². The topological polar surface area (TPSA) is 57.8 Å². The second-order valence-corrected chi connectivity index (χ2v) is 6.78. The SMILES string of the molecule is Cc1cc(C)c2[nH]c(C)c(CC(=O)NCCc3cccc(C)n3)c2c1. The van der Waals surface area contributed by atoms with Gasteiger partial charge in [0.1, 0.15) is 0 Å². The van der Waals surface area contributed by atoms with E-state index in [1.165, 1.54) is 11.1 Å². The lowest BCUT2D eigenvalue weighted by atomic mass is 10.0. The van der Waals surface area contributed by atoms with E-state index in [2.05, 4.69) is 41.3 Å². The van der Waals surface area contributed by atoms with Crippen LogP contribution >= 0.6 is 0 Å². The van der Waals surface area contributed by atoms with Crippen LogP contribution < -0.4 is 5.32 Å². The summed E-state index contributed by atoms with van der Waals surface area (Å²) in [5.41, 5.74) is 7.74. The van der Waals surface area contributed by atoms with Crippen molar-refractivity contribution in [2.24, 2.45) is 0 Å². The quantitative estimate of drug-likeness (QED) is 0.747. The van der Waals surface area contributed by atoms with E-state index in [4.69, 9.17) is 0 Å². The maximum absolute atomic E-state index is 12.4. The van der Waals surface area contributed by atoms with Crippen LogP contribution in [0.2, 0.25) is 0 Å². The van der Waals surface area contributed by atoms with Gasteiger partial charge in [-0.05, 0) is 57.0 Å². The zero-order chi connectivity index (χ0) is 18.0. The summed E-state index contributed by atoms with van der Waals surface area (Å²) in [5, 5.41) is 4.18. The van der Waals surface area contributed by atoms with E-state index in [1.54, 1.807) is 0 Å². The molecule has 2 heterocycles. The first-order valence-corrected chi connectivity index (χ1v) is 8.71. The fourth-order valence-electron chi connectivity index (χ4n) is 3.36. The molecule has 3 rings (SSSR count). The van der Waals surface area contributed by atoms with E-state index in [1.807, 2.05) is 32.0 Å². The molecule has 4 nitrogen and oxygen atoms in total. The molecule has 0 atom stereocenters. The molecular formula is C21H25N3O. The van der Waals surface area contributed by atoms with Crippen molar-refractivity contribution in [3.63, 3.8) is 0 Å². The molecule has 4 heteroatoms. The van der Waals surface area contributed by atoms with Crippen LogP contribution in [-0.4, -0.2) is 22.4 Å². The van der Waals surface area contributed by atoms with E-state index >= 15 is 0 Å². The van der Waals surface area contributed by atoms with Crippen molar-refractivity contribution >= 4 is 16.8 Å². The van der Waals surface area contributed by atoms with Crippen LogP contribution in [0.25, 0.3) is 10.9 Å². The largest absolute Gasteiger partial charge is 0.358 e. The molecule has 2 N–H and O–H groups in total. The first-order valence-electron chi connectivity index (χ1n) is 8.71. The number of nitrogens with one attached hydrogen (secondary N) is 2. The Morgan fingerprint density at radius 2 is 1.96 bits per heavy atom. The van der Waals surface area contributed by atoms with Gasteiger partial charge in [-0.1, -0.05) is 17.7 Å². The van der Waals surface area contributed by atoms with Crippen LogP contribution in [0.15, 0.2) is 30.3 Å². The number of amides is 1. The van der Waals surface area contributed by atoms with Crippen molar-refractivity contribution in [1.82, 2.24) is 15.3 Å². The van der Waals surface area contributed by atoms with Crippen molar-refractivity contribution in [2.75, 3.05) is 6.54 Å². The zero-order valence-electron chi connectivity index (χ0n) is 15.4. The third-order valence-electron chi connectivity index (χ3n) is 4.56. The number of aryl methyl sites for hydroxylation is 4. The third-order valence-corrected chi connectivity index (χ3v) is 4.56. The van der Waals surface area contributed by atoms with Gasteiger partial charge < -0.3 is 10.3 Å². The molecule has 0 radical (unpaired) electrons. The predicted molar refractivity (Wildman–Crippen MR) is 102 cm³/mol. The second kappa shape index (κ2) is 7.09. The number of hydrogen-bond acceptors (Lipinski definition) is 2. The molecule has 0 bridgehead atoms. The van der Waals surface area contributed by atoms with Gasteiger partial charge in [0.25, 0.3) is 0 Å². The average molecular weight is 335 g/mol. The molecule has 0 spiro atoms. The Kier molecular flexibility index (Phi) is 4.88. The van der Waals surface area contributed by atoms with Crippen molar-refractivity contribution in [3.05, 3.63) is 64.1 Å². The monoisotopic (exact) mass is 335 g/mol. The minimum absolute atomic E-state index is 0.0517. The molecule has 0 unspecified atom stereocenters. The highest BCUT2D eigenvalue weighted by atomic mass is 16.1. The van der Waals surface area contributed by atoms with E-state index in [9.17, 15) is 4.79 Å². The number of benzene rings is 1. The van der Waals surface area contributed by atoms with E-state index in [0.29, 0.717) is 13.0 Å². The van der Waals surface area contributed by atoms with Crippen LogP contribution in [0, 0.1) is 27.7 Å². The summed E-state index contributed by atoms with van der Waals surface area (Å²) in [5.74, 6) is 0.0517. The lowest BCUT2D eigenvalue weighted by molar-refractivity contribution is -0.120. The Balaban J connectivity index is 1.67. The number of hydrogen-bond donors (Lipinski definition) is 2. The fourth-order valence-corrected chi connectivity index (χ4v) is 3.36. The molecule has 2 aromatic heterocycles. The van der Waals surface area contributed by atoms with Crippen LogP contribution in [0.5, 0.6) is 0 Å². The first-order chi connectivity index (χ1) is 11.9. The summed E-state index contributed by atoms with van der Waals surface area (Å²) in [4.78, 5) is 20.3. The van der Waals surface area contributed by atoms with Crippen LogP contribution in [0.4, 0.5) is 0 Å². The lowest BCUT2D eigenvalue weighted by Gasteiger charge is -2.07. The molecule has 0 aliphatic carbocycles. The Hall–Kier alpha value is -2.62.